The second-order valence-electron chi connectivity index (χ2n) is 9.91. The van der Waals surface area contributed by atoms with Crippen molar-refractivity contribution in [2.24, 2.45) is 5.73 Å². The monoisotopic (exact) mass is 532 g/mol. The normalized spacial score (nSPS) is 13.9. The topological polar surface area (TPSA) is 166 Å². The predicted molar refractivity (Wildman–Crippen MR) is 141 cm³/mol. The molecule has 14 nitrogen and oxygen atoms in total. The van der Waals surface area contributed by atoms with Gasteiger partial charge in [0.05, 0.1) is 18.1 Å². The smallest absolute Gasteiger partial charge is 0.410 e. The van der Waals surface area contributed by atoms with Crippen LogP contribution in [0.25, 0.3) is 11.5 Å². The van der Waals surface area contributed by atoms with Crippen molar-refractivity contribution in [3.8, 4) is 5.82 Å². The minimum absolute atomic E-state index is 0.109. The molecule has 14 heteroatoms. The van der Waals surface area contributed by atoms with Gasteiger partial charge >= 0.3 is 6.09 Å². The number of amides is 3. The summed E-state index contributed by atoms with van der Waals surface area (Å²) in [4.78, 5) is 50.2. The Hall–Kier alpha value is -5.01. The Kier molecular flexibility index (Phi) is 6.60. The van der Waals surface area contributed by atoms with Crippen LogP contribution in [0.1, 0.15) is 41.6 Å². The van der Waals surface area contributed by atoms with Gasteiger partial charge in [-0.1, -0.05) is 6.07 Å². The first-order valence-electron chi connectivity index (χ1n) is 12.3. The Bertz CT molecular complexity index is 1530. The Balaban J connectivity index is 1.34. The molecule has 0 radical (unpaired) electrons. The molecule has 4 aromatic heterocycles. The molecule has 0 unspecified atom stereocenters. The number of carbonyl (C=O) groups is 3. The van der Waals surface area contributed by atoms with Crippen LogP contribution in [0.4, 0.5) is 16.3 Å². The number of hydrogen-bond donors (Lipinski definition) is 2. The van der Waals surface area contributed by atoms with Crippen molar-refractivity contribution in [2.45, 2.75) is 26.4 Å². The van der Waals surface area contributed by atoms with Crippen molar-refractivity contribution in [1.29, 1.82) is 0 Å². The maximum atomic E-state index is 13.2. The molecule has 0 aliphatic carbocycles. The summed E-state index contributed by atoms with van der Waals surface area (Å²) in [6.45, 7) is 7.55. The van der Waals surface area contributed by atoms with Crippen LogP contribution in [-0.2, 0) is 4.74 Å². The van der Waals surface area contributed by atoms with Gasteiger partial charge in [0, 0.05) is 38.6 Å². The van der Waals surface area contributed by atoms with E-state index in [-0.39, 0.29) is 23.0 Å². The molecule has 0 atom stereocenters. The Morgan fingerprint density at radius 1 is 1.05 bits per heavy atom. The standard InChI is InChI=1S/C25H28N10O4/c1-25(2,3)39-24(38)33-12-10-32(11-13-33)19-7-9-34-22(30-19)16(14-28-34)23(37)29-17-15-35(31-20(17)21(26)36)18-6-4-5-8-27-18/h4-9,14-15H,10-13H2,1-3H3,(H2,26,36)(H,29,37). The molecule has 0 aromatic carbocycles. The van der Waals surface area contributed by atoms with E-state index in [1.807, 2.05) is 25.7 Å². The summed E-state index contributed by atoms with van der Waals surface area (Å²) in [5.41, 5.74) is 5.49. The first-order valence-corrected chi connectivity index (χ1v) is 12.3. The van der Waals surface area contributed by atoms with Gasteiger partial charge in [0.1, 0.15) is 17.0 Å². The number of ether oxygens (including phenoxy) is 1. The number of carbonyl (C=O) groups excluding carboxylic acids is 3. The molecule has 39 heavy (non-hydrogen) atoms. The third kappa shape index (κ3) is 5.49. The molecule has 0 saturated carbocycles. The van der Waals surface area contributed by atoms with Crippen LogP contribution in [0.2, 0.25) is 0 Å². The van der Waals surface area contributed by atoms with Gasteiger partial charge in [-0.05, 0) is 39.0 Å². The van der Waals surface area contributed by atoms with Crippen molar-refractivity contribution in [1.82, 2.24) is 34.3 Å². The molecule has 1 saturated heterocycles. The van der Waals surface area contributed by atoms with E-state index >= 15 is 0 Å². The number of nitrogens with zero attached hydrogens (tertiary/aromatic N) is 8. The number of piperazine rings is 1. The average molecular weight is 533 g/mol. The number of anilines is 2. The van der Waals surface area contributed by atoms with Crippen LogP contribution in [0.5, 0.6) is 0 Å². The number of fused-ring (bicyclic) bond motifs is 1. The van der Waals surface area contributed by atoms with Gasteiger partial charge in [0.2, 0.25) is 0 Å². The summed E-state index contributed by atoms with van der Waals surface area (Å²) < 4.78 is 8.31. The van der Waals surface area contributed by atoms with Crippen LogP contribution in [0, 0.1) is 0 Å². The number of aromatic nitrogens is 6. The van der Waals surface area contributed by atoms with Gasteiger partial charge in [-0.25, -0.2) is 24.0 Å². The lowest BCUT2D eigenvalue weighted by atomic mass is 10.2. The van der Waals surface area contributed by atoms with E-state index in [0.717, 1.165) is 0 Å². The van der Waals surface area contributed by atoms with Crippen molar-refractivity contribution < 1.29 is 19.1 Å². The molecule has 0 bridgehead atoms. The van der Waals surface area contributed by atoms with Crippen molar-refractivity contribution in [3.05, 3.63) is 60.3 Å². The molecular formula is C25H28N10O4. The van der Waals surface area contributed by atoms with Crippen LogP contribution in [0.3, 0.4) is 0 Å². The van der Waals surface area contributed by atoms with Gasteiger partial charge in [-0.15, -0.1) is 0 Å². The highest BCUT2D eigenvalue weighted by Crippen LogP contribution is 2.21. The maximum Gasteiger partial charge on any atom is 0.410 e. The quantitative estimate of drug-likeness (QED) is 0.389. The third-order valence-corrected chi connectivity index (χ3v) is 5.93. The minimum Gasteiger partial charge on any atom is -0.444 e. The molecular weight excluding hydrogens is 504 g/mol. The van der Waals surface area contributed by atoms with Crippen molar-refractivity contribution >= 4 is 35.1 Å². The number of pyridine rings is 1. The maximum absolute atomic E-state index is 13.2. The minimum atomic E-state index is -0.800. The summed E-state index contributed by atoms with van der Waals surface area (Å²) in [5, 5.41) is 11.1. The first kappa shape index (κ1) is 25.6. The highest BCUT2D eigenvalue weighted by molar-refractivity contribution is 6.10. The van der Waals surface area contributed by atoms with E-state index in [9.17, 15) is 14.4 Å². The van der Waals surface area contributed by atoms with Gasteiger partial charge in [-0.2, -0.15) is 10.2 Å². The van der Waals surface area contributed by atoms with E-state index in [0.29, 0.717) is 43.5 Å². The van der Waals surface area contributed by atoms with Crippen LogP contribution in [0.15, 0.2) is 49.1 Å². The number of primary amides is 1. The summed E-state index contributed by atoms with van der Waals surface area (Å²) in [6.07, 6.45) is 5.81. The highest BCUT2D eigenvalue weighted by atomic mass is 16.6. The number of rotatable bonds is 5. The Morgan fingerprint density at radius 2 is 1.82 bits per heavy atom. The van der Waals surface area contributed by atoms with Crippen LogP contribution < -0.4 is 16.0 Å². The van der Waals surface area contributed by atoms with Crippen LogP contribution >= 0.6 is 0 Å². The molecule has 0 spiro atoms. The second-order valence-corrected chi connectivity index (χ2v) is 9.91. The molecule has 3 amide bonds. The summed E-state index contributed by atoms with van der Waals surface area (Å²) in [6, 6.07) is 7.02. The lowest BCUT2D eigenvalue weighted by Crippen LogP contribution is -2.50. The molecule has 5 rings (SSSR count). The predicted octanol–water partition coefficient (Wildman–Crippen LogP) is 1.72. The van der Waals surface area contributed by atoms with E-state index < -0.39 is 17.4 Å². The lowest BCUT2D eigenvalue weighted by molar-refractivity contribution is 0.0240. The Labute approximate surface area is 223 Å². The zero-order chi connectivity index (χ0) is 27.7. The fourth-order valence-corrected chi connectivity index (χ4v) is 4.08. The van der Waals surface area contributed by atoms with Gasteiger partial charge in [0.25, 0.3) is 11.8 Å². The SMILES string of the molecule is CC(C)(C)OC(=O)N1CCN(c2ccn3ncc(C(=O)Nc4cn(-c5ccccn5)nc4C(N)=O)c3n2)CC1. The molecule has 1 aliphatic rings. The second kappa shape index (κ2) is 10.0. The first-order chi connectivity index (χ1) is 18.6. The van der Waals surface area contributed by atoms with E-state index in [1.165, 1.54) is 21.6 Å². The zero-order valence-electron chi connectivity index (χ0n) is 21.7. The fraction of sp³-hybridized carbons (Fsp3) is 0.320. The van der Waals surface area contributed by atoms with Gasteiger partial charge < -0.3 is 25.6 Å². The number of nitrogens with two attached hydrogens (primary N) is 1. The van der Waals surface area contributed by atoms with Gasteiger partial charge in [0.15, 0.2) is 17.2 Å². The van der Waals surface area contributed by atoms with Crippen molar-refractivity contribution in [3.63, 3.8) is 0 Å². The molecule has 5 heterocycles. The number of nitrogens with one attached hydrogen (secondary N) is 1. The lowest BCUT2D eigenvalue weighted by Gasteiger charge is -2.36. The molecule has 1 fully saturated rings. The Morgan fingerprint density at radius 3 is 2.49 bits per heavy atom. The molecule has 202 valence electrons. The third-order valence-electron chi connectivity index (χ3n) is 5.93. The average Bonchev–Trinajstić information content (AvgIpc) is 3.52. The van der Waals surface area contributed by atoms with Crippen molar-refractivity contribution in [2.75, 3.05) is 36.4 Å². The number of hydrogen-bond acceptors (Lipinski definition) is 9. The van der Waals surface area contributed by atoms with E-state index in [2.05, 4.69) is 25.5 Å². The fourth-order valence-electron chi connectivity index (χ4n) is 4.08. The van der Waals surface area contributed by atoms with Gasteiger partial charge in [-0.3, -0.25) is 9.59 Å². The largest absolute Gasteiger partial charge is 0.444 e. The van der Waals surface area contributed by atoms with E-state index in [1.54, 1.807) is 41.6 Å². The van der Waals surface area contributed by atoms with E-state index in [4.69, 9.17) is 10.5 Å². The molecule has 1 aliphatic heterocycles. The highest BCUT2D eigenvalue weighted by Gasteiger charge is 2.27. The molecule has 4 aromatic rings. The zero-order valence-corrected chi connectivity index (χ0v) is 21.7. The summed E-state index contributed by atoms with van der Waals surface area (Å²) >= 11 is 0. The molecule has 3 N–H and O–H groups in total. The van der Waals surface area contributed by atoms with Crippen LogP contribution in [-0.4, -0.2) is 84.0 Å². The summed E-state index contributed by atoms with van der Waals surface area (Å²) in [5.74, 6) is -0.241. The summed E-state index contributed by atoms with van der Waals surface area (Å²) in [7, 11) is 0.